The molecule has 12 heavy (non-hydrogen) atoms. The second-order valence-corrected chi connectivity index (χ2v) is 4.77. The van der Waals surface area contributed by atoms with Gasteiger partial charge in [0.05, 0.1) is 11.2 Å². The SMILES string of the molecule is CC1(C)[C@@H](CN)[C@@H]1c1cscn1. The Morgan fingerprint density at radius 3 is 2.83 bits per heavy atom. The molecule has 2 nitrogen and oxygen atoms in total. The molecule has 0 aromatic carbocycles. The molecule has 1 heterocycles. The molecular formula is C9H14N2S. The van der Waals surface area contributed by atoms with Crippen LogP contribution in [0, 0.1) is 11.3 Å². The first-order chi connectivity index (χ1) is 5.68. The van der Waals surface area contributed by atoms with E-state index in [0.717, 1.165) is 6.54 Å². The first kappa shape index (κ1) is 8.20. The van der Waals surface area contributed by atoms with Gasteiger partial charge in [0.15, 0.2) is 0 Å². The van der Waals surface area contributed by atoms with Gasteiger partial charge in [-0.1, -0.05) is 13.8 Å². The topological polar surface area (TPSA) is 38.9 Å². The summed E-state index contributed by atoms with van der Waals surface area (Å²) in [6.07, 6.45) is 0. The van der Waals surface area contributed by atoms with E-state index < -0.39 is 0 Å². The van der Waals surface area contributed by atoms with Crippen LogP contribution in [0.25, 0.3) is 0 Å². The Balaban J connectivity index is 2.19. The van der Waals surface area contributed by atoms with Crippen molar-refractivity contribution in [3.05, 3.63) is 16.6 Å². The van der Waals surface area contributed by atoms with E-state index in [4.69, 9.17) is 5.73 Å². The minimum Gasteiger partial charge on any atom is -0.330 e. The zero-order valence-corrected chi connectivity index (χ0v) is 8.27. The lowest BCUT2D eigenvalue weighted by atomic mass is 10.1. The lowest BCUT2D eigenvalue weighted by Gasteiger charge is -1.98. The van der Waals surface area contributed by atoms with Crippen molar-refractivity contribution in [3.8, 4) is 0 Å². The average molecular weight is 182 g/mol. The van der Waals surface area contributed by atoms with Crippen LogP contribution >= 0.6 is 11.3 Å². The van der Waals surface area contributed by atoms with Crippen LogP contribution in [0.2, 0.25) is 0 Å². The van der Waals surface area contributed by atoms with E-state index in [2.05, 4.69) is 24.2 Å². The van der Waals surface area contributed by atoms with Crippen molar-refractivity contribution in [1.82, 2.24) is 4.98 Å². The lowest BCUT2D eigenvalue weighted by molar-refractivity contribution is 0.557. The molecule has 0 bridgehead atoms. The van der Waals surface area contributed by atoms with Crippen LogP contribution in [0.5, 0.6) is 0 Å². The minimum atomic E-state index is 0.378. The van der Waals surface area contributed by atoms with Crippen LogP contribution in [0.15, 0.2) is 10.9 Å². The van der Waals surface area contributed by atoms with E-state index in [1.54, 1.807) is 11.3 Å². The summed E-state index contributed by atoms with van der Waals surface area (Å²) in [7, 11) is 0. The van der Waals surface area contributed by atoms with Gasteiger partial charge in [0.25, 0.3) is 0 Å². The van der Waals surface area contributed by atoms with E-state index in [1.165, 1.54) is 5.69 Å². The zero-order valence-electron chi connectivity index (χ0n) is 7.45. The summed E-state index contributed by atoms with van der Waals surface area (Å²) in [6, 6.07) is 0. The highest BCUT2D eigenvalue weighted by Gasteiger charge is 2.58. The molecule has 1 aromatic rings. The molecule has 2 rings (SSSR count). The van der Waals surface area contributed by atoms with Crippen molar-refractivity contribution >= 4 is 11.3 Å². The first-order valence-corrected chi connectivity index (χ1v) is 5.20. The van der Waals surface area contributed by atoms with Gasteiger partial charge in [0.2, 0.25) is 0 Å². The second-order valence-electron chi connectivity index (χ2n) is 4.05. The minimum absolute atomic E-state index is 0.378. The number of thiazole rings is 1. The molecule has 1 aromatic heterocycles. The maximum atomic E-state index is 5.68. The summed E-state index contributed by atoms with van der Waals surface area (Å²) in [4.78, 5) is 4.34. The molecule has 1 aliphatic carbocycles. The van der Waals surface area contributed by atoms with Crippen LogP contribution in [0.3, 0.4) is 0 Å². The normalized spacial score (nSPS) is 31.9. The van der Waals surface area contributed by atoms with Gasteiger partial charge in [0, 0.05) is 11.3 Å². The third-order valence-corrected chi connectivity index (χ3v) is 3.68. The largest absolute Gasteiger partial charge is 0.330 e. The molecule has 0 saturated heterocycles. The van der Waals surface area contributed by atoms with Gasteiger partial charge in [-0.25, -0.2) is 4.98 Å². The van der Waals surface area contributed by atoms with Crippen molar-refractivity contribution in [2.45, 2.75) is 19.8 Å². The fourth-order valence-corrected chi connectivity index (χ4v) is 2.74. The van der Waals surface area contributed by atoms with Gasteiger partial charge >= 0.3 is 0 Å². The number of nitrogens with zero attached hydrogens (tertiary/aromatic N) is 1. The van der Waals surface area contributed by atoms with Crippen LogP contribution in [-0.2, 0) is 0 Å². The van der Waals surface area contributed by atoms with Crippen LogP contribution in [-0.4, -0.2) is 11.5 Å². The quantitative estimate of drug-likeness (QED) is 0.758. The number of hydrogen-bond acceptors (Lipinski definition) is 3. The van der Waals surface area contributed by atoms with E-state index in [0.29, 0.717) is 17.3 Å². The van der Waals surface area contributed by atoms with E-state index >= 15 is 0 Å². The van der Waals surface area contributed by atoms with Crippen LogP contribution in [0.4, 0.5) is 0 Å². The Labute approximate surface area is 76.8 Å². The summed E-state index contributed by atoms with van der Waals surface area (Å²) in [6.45, 7) is 5.33. The van der Waals surface area contributed by atoms with Crippen LogP contribution in [0.1, 0.15) is 25.5 Å². The van der Waals surface area contributed by atoms with E-state index in [9.17, 15) is 0 Å². The fourth-order valence-electron chi connectivity index (χ4n) is 2.15. The van der Waals surface area contributed by atoms with Gasteiger partial charge in [-0.05, 0) is 17.9 Å². The number of hydrogen-bond donors (Lipinski definition) is 1. The van der Waals surface area contributed by atoms with Crippen molar-refractivity contribution in [2.24, 2.45) is 17.1 Å². The van der Waals surface area contributed by atoms with Crippen molar-refractivity contribution in [2.75, 3.05) is 6.54 Å². The molecule has 1 fully saturated rings. The summed E-state index contributed by atoms with van der Waals surface area (Å²) < 4.78 is 0. The molecule has 2 atom stereocenters. The summed E-state index contributed by atoms with van der Waals surface area (Å²) in [5.74, 6) is 1.24. The number of aromatic nitrogens is 1. The lowest BCUT2D eigenvalue weighted by Crippen LogP contribution is -2.05. The Hall–Kier alpha value is -0.410. The van der Waals surface area contributed by atoms with E-state index in [1.807, 2.05) is 5.51 Å². The Morgan fingerprint density at radius 1 is 1.67 bits per heavy atom. The molecule has 0 aliphatic heterocycles. The second kappa shape index (κ2) is 2.54. The third-order valence-electron chi connectivity index (χ3n) is 3.07. The Kier molecular flexibility index (Phi) is 1.73. The molecule has 1 saturated carbocycles. The smallest absolute Gasteiger partial charge is 0.0794 e. The van der Waals surface area contributed by atoms with Gasteiger partial charge in [0.1, 0.15) is 0 Å². The number of nitrogens with two attached hydrogens (primary N) is 1. The maximum Gasteiger partial charge on any atom is 0.0794 e. The maximum absolute atomic E-state index is 5.68. The molecule has 66 valence electrons. The molecule has 1 aliphatic rings. The number of rotatable bonds is 2. The Morgan fingerprint density at radius 2 is 2.42 bits per heavy atom. The first-order valence-electron chi connectivity index (χ1n) is 4.26. The van der Waals surface area contributed by atoms with Gasteiger partial charge in [-0.3, -0.25) is 0 Å². The highest BCUT2D eigenvalue weighted by molar-refractivity contribution is 7.07. The molecule has 0 unspecified atom stereocenters. The van der Waals surface area contributed by atoms with Gasteiger partial charge < -0.3 is 5.73 Å². The van der Waals surface area contributed by atoms with Gasteiger partial charge in [-0.15, -0.1) is 11.3 Å². The van der Waals surface area contributed by atoms with Crippen molar-refractivity contribution in [3.63, 3.8) is 0 Å². The summed E-state index contributed by atoms with van der Waals surface area (Å²) >= 11 is 1.67. The predicted octanol–water partition coefficient (Wildman–Crippen LogP) is 1.84. The molecule has 0 spiro atoms. The monoisotopic (exact) mass is 182 g/mol. The summed E-state index contributed by atoms with van der Waals surface area (Å²) in [5, 5.41) is 2.14. The summed E-state index contributed by atoms with van der Waals surface area (Å²) in [5.41, 5.74) is 9.20. The highest BCUT2D eigenvalue weighted by Crippen LogP contribution is 2.63. The molecule has 2 N–H and O–H groups in total. The van der Waals surface area contributed by atoms with Crippen LogP contribution < -0.4 is 5.73 Å². The molecular weight excluding hydrogens is 168 g/mol. The zero-order chi connectivity index (χ0) is 8.77. The molecule has 3 heteroatoms. The standard InChI is InChI=1S/C9H14N2S/c1-9(2)6(3-10)8(9)7-4-12-5-11-7/h4-6,8H,3,10H2,1-2H3/t6-,8+/m0/s1. The molecule has 0 radical (unpaired) electrons. The predicted molar refractivity (Wildman–Crippen MR) is 51.2 cm³/mol. The van der Waals surface area contributed by atoms with Crippen molar-refractivity contribution < 1.29 is 0 Å². The third kappa shape index (κ3) is 1.00. The van der Waals surface area contributed by atoms with E-state index in [-0.39, 0.29) is 0 Å². The highest BCUT2D eigenvalue weighted by atomic mass is 32.1. The Bertz CT molecular complexity index is 266. The van der Waals surface area contributed by atoms with Crippen molar-refractivity contribution in [1.29, 1.82) is 0 Å². The average Bonchev–Trinajstić information content (AvgIpc) is 2.50. The van der Waals surface area contributed by atoms with Gasteiger partial charge in [-0.2, -0.15) is 0 Å². The fraction of sp³-hybridized carbons (Fsp3) is 0.667. The molecule has 0 amide bonds.